The Morgan fingerprint density at radius 1 is 1.30 bits per heavy atom. The van der Waals surface area contributed by atoms with Gasteiger partial charge >= 0.3 is 0 Å². The molecule has 3 saturated carbocycles. The largest absolute Gasteiger partial charge is 0.390 e. The molecule has 0 amide bonds. The van der Waals surface area contributed by atoms with Crippen molar-refractivity contribution in [2.45, 2.75) is 64.4 Å². The molecule has 0 aromatic rings. The minimum atomic E-state index is -1.40. The summed E-state index contributed by atoms with van der Waals surface area (Å²) >= 11 is 4.80. The molecule has 6 unspecified atom stereocenters. The summed E-state index contributed by atoms with van der Waals surface area (Å²) in [6.45, 7) is 3.67. The van der Waals surface area contributed by atoms with Crippen molar-refractivity contribution in [3.63, 3.8) is 0 Å². The molecular weight excluding hydrogens is 402 g/mol. The Bertz CT molecular complexity index is 870. The number of nitrogens with one attached hydrogen (secondary N) is 1. The highest BCUT2D eigenvalue weighted by Crippen LogP contribution is 2.66. The number of carbonyl (C=O) groups excluding carboxylic acids is 2. The highest BCUT2D eigenvalue weighted by Gasteiger charge is 2.67. The number of Topliss-reactive ketones (excluding diaryl/α,β-unsaturated/α-hetero) is 1. The fourth-order valence-corrected chi connectivity index (χ4v) is 7.29. The number of ketones is 2. The summed E-state index contributed by atoms with van der Waals surface area (Å²) in [5, 5.41) is 25.7. The third-order valence-corrected chi connectivity index (χ3v) is 8.83. The summed E-state index contributed by atoms with van der Waals surface area (Å²) in [6, 6.07) is 0. The van der Waals surface area contributed by atoms with Crippen LogP contribution in [0.5, 0.6) is 0 Å². The molecule has 5 N–H and O–H groups in total. The highest BCUT2D eigenvalue weighted by molar-refractivity contribution is 7.80. The third kappa shape index (κ3) is 2.91. The van der Waals surface area contributed by atoms with Crippen LogP contribution in [0.1, 0.15) is 58.8 Å². The molecule has 164 valence electrons. The molecule has 3 fully saturated rings. The third-order valence-electron chi connectivity index (χ3n) is 8.73. The van der Waals surface area contributed by atoms with Crippen molar-refractivity contribution in [2.24, 2.45) is 39.4 Å². The number of aliphatic hydroxyl groups excluding tert-OH is 1. The molecule has 0 bridgehead atoms. The number of carbonyl (C=O) groups is 2. The standard InChI is InChI=1S/C22H31N3O4S/c1-20-7-5-13(27)9-12(20)3-4-14-15-6-8-22(29,17(11-26)24-25-19(23)30)21(15,2)10-16(28)18(14)20/h9,14-15,18,26,29H,3-8,10-11H2,1-2H3,(H3,23,25,30)/b24-17+. The van der Waals surface area contributed by atoms with E-state index in [1.165, 1.54) is 0 Å². The van der Waals surface area contributed by atoms with Gasteiger partial charge in [-0.15, -0.1) is 0 Å². The Balaban J connectivity index is 1.71. The van der Waals surface area contributed by atoms with Crippen LogP contribution in [-0.2, 0) is 9.59 Å². The van der Waals surface area contributed by atoms with E-state index in [0.717, 1.165) is 31.3 Å². The number of hydrogen-bond acceptors (Lipinski definition) is 6. The normalized spacial score (nSPS) is 43.4. The summed E-state index contributed by atoms with van der Waals surface area (Å²) in [5.74, 6) is 0.502. The highest BCUT2D eigenvalue weighted by atomic mass is 32.1. The molecule has 0 aliphatic heterocycles. The number of nitrogens with zero attached hydrogens (tertiary/aromatic N) is 1. The van der Waals surface area contributed by atoms with E-state index in [4.69, 9.17) is 18.0 Å². The lowest BCUT2D eigenvalue weighted by Gasteiger charge is -2.58. The van der Waals surface area contributed by atoms with E-state index in [0.29, 0.717) is 12.8 Å². The Morgan fingerprint density at radius 3 is 2.70 bits per heavy atom. The first-order valence-electron chi connectivity index (χ1n) is 10.8. The minimum Gasteiger partial charge on any atom is -0.390 e. The molecule has 0 radical (unpaired) electrons. The van der Waals surface area contributed by atoms with Gasteiger partial charge in [0, 0.05) is 24.2 Å². The van der Waals surface area contributed by atoms with E-state index >= 15 is 0 Å². The van der Waals surface area contributed by atoms with E-state index in [1.54, 1.807) is 6.08 Å². The van der Waals surface area contributed by atoms with Crippen LogP contribution in [0.25, 0.3) is 0 Å². The molecule has 0 heterocycles. The van der Waals surface area contributed by atoms with Crippen LogP contribution in [0.2, 0.25) is 0 Å². The van der Waals surface area contributed by atoms with E-state index in [9.17, 15) is 19.8 Å². The molecule has 0 spiro atoms. The van der Waals surface area contributed by atoms with Crippen molar-refractivity contribution in [1.29, 1.82) is 0 Å². The van der Waals surface area contributed by atoms with Gasteiger partial charge in [-0.25, -0.2) is 0 Å². The summed E-state index contributed by atoms with van der Waals surface area (Å²) in [5.41, 5.74) is 6.87. The van der Waals surface area contributed by atoms with Gasteiger partial charge in [0.25, 0.3) is 0 Å². The maximum atomic E-state index is 13.6. The zero-order chi connectivity index (χ0) is 21.9. The van der Waals surface area contributed by atoms with Gasteiger partial charge in [0.05, 0.1) is 12.3 Å². The van der Waals surface area contributed by atoms with Crippen molar-refractivity contribution < 1.29 is 19.8 Å². The second-order valence-corrected chi connectivity index (χ2v) is 10.4. The molecule has 7 nitrogen and oxygen atoms in total. The Hall–Kier alpha value is -1.64. The Kier molecular flexibility index (Phi) is 5.19. The zero-order valence-electron chi connectivity index (χ0n) is 17.6. The molecule has 30 heavy (non-hydrogen) atoms. The first-order chi connectivity index (χ1) is 14.1. The van der Waals surface area contributed by atoms with E-state index in [-0.39, 0.29) is 52.0 Å². The number of nitrogens with two attached hydrogens (primary N) is 1. The van der Waals surface area contributed by atoms with E-state index in [1.807, 2.05) is 6.92 Å². The van der Waals surface area contributed by atoms with Crippen LogP contribution in [0.4, 0.5) is 0 Å². The van der Waals surface area contributed by atoms with Gasteiger partial charge in [-0.05, 0) is 67.6 Å². The van der Waals surface area contributed by atoms with Gasteiger partial charge in [-0.3, -0.25) is 15.0 Å². The molecule has 6 atom stereocenters. The van der Waals surface area contributed by atoms with Crippen molar-refractivity contribution in [1.82, 2.24) is 5.43 Å². The average molecular weight is 434 g/mol. The molecular formula is C22H31N3O4S. The van der Waals surface area contributed by atoms with Crippen LogP contribution in [0.15, 0.2) is 16.8 Å². The van der Waals surface area contributed by atoms with Crippen molar-refractivity contribution in [3.05, 3.63) is 11.6 Å². The topological polar surface area (TPSA) is 125 Å². The summed E-state index contributed by atoms with van der Waals surface area (Å²) < 4.78 is 0. The lowest BCUT2D eigenvalue weighted by Crippen LogP contribution is -2.61. The molecule has 4 aliphatic carbocycles. The SMILES string of the molecule is CC12CCC(=O)C=C1CCC1C2C(=O)CC2(C)C1CCC2(O)/C(CO)=N/NC(N)=S. The van der Waals surface area contributed by atoms with E-state index in [2.05, 4.69) is 17.5 Å². The maximum absolute atomic E-state index is 13.6. The number of allylic oxidation sites excluding steroid dienone is 1. The summed E-state index contributed by atoms with van der Waals surface area (Å²) in [7, 11) is 0. The number of aliphatic hydroxyl groups is 2. The lowest BCUT2D eigenvalue weighted by atomic mass is 9.46. The molecule has 8 heteroatoms. The van der Waals surface area contributed by atoms with Crippen molar-refractivity contribution in [2.75, 3.05) is 6.61 Å². The molecule has 0 aromatic carbocycles. The molecule has 4 rings (SSSR count). The predicted molar refractivity (Wildman–Crippen MR) is 116 cm³/mol. The zero-order valence-corrected chi connectivity index (χ0v) is 18.4. The monoisotopic (exact) mass is 433 g/mol. The van der Waals surface area contributed by atoms with Crippen molar-refractivity contribution in [3.8, 4) is 0 Å². The van der Waals surface area contributed by atoms with Crippen LogP contribution >= 0.6 is 12.2 Å². The molecule has 4 aliphatic rings. The van der Waals surface area contributed by atoms with Gasteiger partial charge in [0.2, 0.25) is 0 Å². The quantitative estimate of drug-likeness (QED) is 0.303. The fourth-order valence-electron chi connectivity index (χ4n) is 7.24. The fraction of sp³-hybridized carbons (Fsp3) is 0.727. The number of hydrogen-bond donors (Lipinski definition) is 4. The van der Waals surface area contributed by atoms with Gasteiger partial charge in [0.1, 0.15) is 11.4 Å². The van der Waals surface area contributed by atoms with E-state index < -0.39 is 17.6 Å². The average Bonchev–Trinajstić information content (AvgIpc) is 2.93. The van der Waals surface area contributed by atoms with Crippen LogP contribution < -0.4 is 11.2 Å². The Morgan fingerprint density at radius 2 is 2.03 bits per heavy atom. The molecule has 0 saturated heterocycles. The predicted octanol–water partition coefficient (Wildman–Crippen LogP) is 1.61. The van der Waals surface area contributed by atoms with Crippen LogP contribution in [0, 0.1) is 28.6 Å². The number of rotatable bonds is 3. The van der Waals surface area contributed by atoms with Gasteiger partial charge < -0.3 is 15.9 Å². The van der Waals surface area contributed by atoms with Gasteiger partial charge in [-0.1, -0.05) is 19.4 Å². The smallest absolute Gasteiger partial charge is 0.184 e. The number of hydrazone groups is 1. The number of fused-ring (bicyclic) bond motifs is 5. The van der Waals surface area contributed by atoms with Gasteiger partial charge in [0.15, 0.2) is 10.9 Å². The van der Waals surface area contributed by atoms with Crippen molar-refractivity contribution >= 4 is 34.6 Å². The summed E-state index contributed by atoms with van der Waals surface area (Å²) in [6.07, 6.45) is 6.10. The molecule has 0 aromatic heterocycles. The second-order valence-electron chi connectivity index (χ2n) is 9.99. The Labute approximate surface area is 182 Å². The summed E-state index contributed by atoms with van der Waals surface area (Å²) in [4.78, 5) is 25.6. The lowest BCUT2D eigenvalue weighted by molar-refractivity contribution is -0.152. The number of thiocarbonyl (C=S) groups is 1. The van der Waals surface area contributed by atoms with Crippen LogP contribution in [-0.4, -0.2) is 44.8 Å². The van der Waals surface area contributed by atoms with Crippen LogP contribution in [0.3, 0.4) is 0 Å². The first-order valence-corrected chi connectivity index (χ1v) is 11.2. The minimum absolute atomic E-state index is 0.0459. The van der Waals surface area contributed by atoms with Gasteiger partial charge in [-0.2, -0.15) is 5.10 Å². The first kappa shape index (κ1) is 21.6. The maximum Gasteiger partial charge on any atom is 0.184 e. The second kappa shape index (κ2) is 7.21.